The normalized spacial score (nSPS) is 12.7. The minimum Gasteiger partial charge on any atom is -0.493 e. The minimum absolute atomic E-state index is 0.0192. The van der Waals surface area contributed by atoms with Crippen LogP contribution >= 0.6 is 0 Å². The molecular formula is C31H35N3O4. The van der Waals surface area contributed by atoms with Crippen molar-refractivity contribution in [1.29, 1.82) is 0 Å². The second-order valence-electron chi connectivity index (χ2n) is 11.0. The van der Waals surface area contributed by atoms with E-state index >= 15 is 0 Å². The number of nitrogens with zero attached hydrogens (tertiary/aromatic N) is 3. The van der Waals surface area contributed by atoms with E-state index in [9.17, 15) is 4.79 Å². The summed E-state index contributed by atoms with van der Waals surface area (Å²) in [6, 6.07) is 14.1. The van der Waals surface area contributed by atoms with Crippen molar-refractivity contribution in [2.75, 3.05) is 14.2 Å². The molecule has 1 aliphatic carbocycles. The SMILES string of the molecule is COc1cc2c(cc1OC(C)C)-c1c(c(C(=O)N(C)C(C)(C)C)nn1-c1ccccc1-c1ccoc1)CC2. The van der Waals surface area contributed by atoms with Gasteiger partial charge in [0.2, 0.25) is 0 Å². The first-order valence-electron chi connectivity index (χ1n) is 13.0. The van der Waals surface area contributed by atoms with Gasteiger partial charge in [0.1, 0.15) is 0 Å². The average molecular weight is 514 g/mol. The number of furan rings is 1. The maximum atomic E-state index is 13.8. The summed E-state index contributed by atoms with van der Waals surface area (Å²) in [5, 5.41) is 5.02. The topological polar surface area (TPSA) is 69.7 Å². The molecule has 198 valence electrons. The maximum Gasteiger partial charge on any atom is 0.274 e. The Kier molecular flexibility index (Phi) is 6.55. The first-order valence-corrected chi connectivity index (χ1v) is 13.0. The summed E-state index contributed by atoms with van der Waals surface area (Å²) in [6.45, 7) is 10.1. The van der Waals surface area contributed by atoms with Gasteiger partial charge in [0.25, 0.3) is 5.91 Å². The lowest BCUT2D eigenvalue weighted by atomic mass is 9.87. The first kappa shape index (κ1) is 25.6. The van der Waals surface area contributed by atoms with Gasteiger partial charge in [-0.2, -0.15) is 5.10 Å². The Hall–Kier alpha value is -4.00. The molecule has 0 spiro atoms. The fourth-order valence-corrected chi connectivity index (χ4v) is 4.89. The number of hydrogen-bond acceptors (Lipinski definition) is 5. The Morgan fingerprint density at radius 3 is 2.50 bits per heavy atom. The highest BCUT2D eigenvalue weighted by molar-refractivity contribution is 5.97. The largest absolute Gasteiger partial charge is 0.493 e. The van der Waals surface area contributed by atoms with Crippen molar-refractivity contribution < 1.29 is 18.7 Å². The molecular weight excluding hydrogens is 478 g/mol. The van der Waals surface area contributed by atoms with Crippen LogP contribution in [-0.4, -0.2) is 46.4 Å². The summed E-state index contributed by atoms with van der Waals surface area (Å²) >= 11 is 0. The van der Waals surface area contributed by atoms with E-state index in [0.717, 1.165) is 45.6 Å². The van der Waals surface area contributed by atoms with E-state index in [4.69, 9.17) is 19.0 Å². The Bertz CT molecular complexity index is 1480. The predicted octanol–water partition coefficient (Wildman–Crippen LogP) is 6.56. The summed E-state index contributed by atoms with van der Waals surface area (Å²) in [7, 11) is 3.50. The number of rotatable bonds is 6. The molecule has 0 aliphatic heterocycles. The molecule has 1 aliphatic rings. The van der Waals surface area contributed by atoms with Crippen LogP contribution in [0.25, 0.3) is 28.1 Å². The van der Waals surface area contributed by atoms with E-state index in [1.807, 2.05) is 82.7 Å². The lowest BCUT2D eigenvalue weighted by Crippen LogP contribution is -2.43. The predicted molar refractivity (Wildman–Crippen MR) is 148 cm³/mol. The second kappa shape index (κ2) is 9.71. The van der Waals surface area contributed by atoms with Gasteiger partial charge in [0.15, 0.2) is 17.2 Å². The Morgan fingerprint density at radius 2 is 1.84 bits per heavy atom. The second-order valence-corrected chi connectivity index (χ2v) is 11.0. The van der Waals surface area contributed by atoms with E-state index in [1.54, 1.807) is 24.5 Å². The number of hydrogen-bond donors (Lipinski definition) is 0. The highest BCUT2D eigenvalue weighted by Crippen LogP contribution is 2.44. The quantitative estimate of drug-likeness (QED) is 0.292. The number of ether oxygens (including phenoxy) is 2. The van der Waals surface area contributed by atoms with Crippen LogP contribution in [0.4, 0.5) is 0 Å². The Labute approximate surface area is 224 Å². The number of amides is 1. The summed E-state index contributed by atoms with van der Waals surface area (Å²) in [5.41, 5.74) is 6.90. The van der Waals surface area contributed by atoms with E-state index in [-0.39, 0.29) is 17.6 Å². The molecule has 0 radical (unpaired) electrons. The number of aromatic nitrogens is 2. The van der Waals surface area contributed by atoms with Crippen LogP contribution in [0, 0.1) is 0 Å². The molecule has 7 heteroatoms. The molecule has 4 aromatic rings. The lowest BCUT2D eigenvalue weighted by molar-refractivity contribution is 0.0648. The molecule has 0 N–H and O–H groups in total. The molecule has 1 amide bonds. The fraction of sp³-hybridized carbons (Fsp3) is 0.355. The Balaban J connectivity index is 1.79. The first-order chi connectivity index (χ1) is 18.1. The molecule has 0 bridgehead atoms. The smallest absolute Gasteiger partial charge is 0.274 e. The van der Waals surface area contributed by atoms with Gasteiger partial charge in [-0.3, -0.25) is 4.79 Å². The van der Waals surface area contributed by atoms with Crippen molar-refractivity contribution in [1.82, 2.24) is 14.7 Å². The van der Waals surface area contributed by atoms with Gasteiger partial charge >= 0.3 is 0 Å². The number of aryl methyl sites for hydroxylation is 1. The monoisotopic (exact) mass is 513 g/mol. The van der Waals surface area contributed by atoms with Crippen LogP contribution in [-0.2, 0) is 12.8 Å². The van der Waals surface area contributed by atoms with Crippen molar-refractivity contribution in [3.63, 3.8) is 0 Å². The van der Waals surface area contributed by atoms with Crippen LogP contribution < -0.4 is 9.47 Å². The fourth-order valence-electron chi connectivity index (χ4n) is 4.89. The van der Waals surface area contributed by atoms with Gasteiger partial charge in [0.05, 0.1) is 37.1 Å². The maximum absolute atomic E-state index is 13.8. The molecule has 0 atom stereocenters. The van der Waals surface area contributed by atoms with E-state index < -0.39 is 0 Å². The molecule has 2 aromatic carbocycles. The zero-order chi connectivity index (χ0) is 27.2. The van der Waals surface area contributed by atoms with Crippen molar-refractivity contribution in [2.45, 2.75) is 59.1 Å². The van der Waals surface area contributed by atoms with E-state index in [1.165, 1.54) is 0 Å². The summed E-state index contributed by atoms with van der Waals surface area (Å²) in [4.78, 5) is 15.6. The number of para-hydroxylation sites is 1. The van der Waals surface area contributed by atoms with Gasteiger partial charge in [-0.1, -0.05) is 18.2 Å². The van der Waals surface area contributed by atoms with Gasteiger partial charge in [-0.25, -0.2) is 4.68 Å². The molecule has 2 aromatic heterocycles. The molecule has 0 saturated carbocycles. The zero-order valence-electron chi connectivity index (χ0n) is 23.2. The zero-order valence-corrected chi connectivity index (χ0v) is 23.2. The van der Waals surface area contributed by atoms with Gasteiger partial charge in [-0.15, -0.1) is 0 Å². The van der Waals surface area contributed by atoms with Crippen molar-refractivity contribution in [3.8, 4) is 39.6 Å². The van der Waals surface area contributed by atoms with E-state index in [0.29, 0.717) is 23.6 Å². The van der Waals surface area contributed by atoms with Crippen LogP contribution in [0.2, 0.25) is 0 Å². The molecule has 38 heavy (non-hydrogen) atoms. The molecule has 0 fully saturated rings. The highest BCUT2D eigenvalue weighted by Gasteiger charge is 2.34. The Morgan fingerprint density at radius 1 is 1.08 bits per heavy atom. The molecule has 7 nitrogen and oxygen atoms in total. The number of carbonyl (C=O) groups is 1. The van der Waals surface area contributed by atoms with Crippen LogP contribution in [0.5, 0.6) is 11.5 Å². The molecule has 2 heterocycles. The van der Waals surface area contributed by atoms with Gasteiger partial charge < -0.3 is 18.8 Å². The van der Waals surface area contributed by atoms with Crippen molar-refractivity contribution in [3.05, 3.63) is 71.8 Å². The standard InChI is InChI=1S/C31H35N3O4/c1-19(2)38-27-17-24-20(16-26(27)36-7)12-13-23-28(30(35)33(6)31(3,4)5)32-34(29(23)24)25-11-9-8-10-22(25)21-14-15-37-18-21/h8-11,14-19H,12-13H2,1-7H3. The molecule has 0 unspecified atom stereocenters. The lowest BCUT2D eigenvalue weighted by Gasteiger charge is -2.31. The number of benzene rings is 2. The van der Waals surface area contributed by atoms with Gasteiger partial charge in [0, 0.05) is 34.8 Å². The molecule has 5 rings (SSSR count). The number of fused-ring (bicyclic) bond motifs is 3. The van der Waals surface area contributed by atoms with E-state index in [2.05, 4.69) is 6.07 Å². The summed E-state index contributed by atoms with van der Waals surface area (Å²) < 4.78 is 19.1. The van der Waals surface area contributed by atoms with Gasteiger partial charge in [-0.05, 0) is 77.3 Å². The van der Waals surface area contributed by atoms with Crippen molar-refractivity contribution >= 4 is 5.91 Å². The third-order valence-electron chi connectivity index (χ3n) is 7.11. The third kappa shape index (κ3) is 4.46. The molecule has 0 saturated heterocycles. The number of carbonyl (C=O) groups excluding carboxylic acids is 1. The van der Waals surface area contributed by atoms with Crippen LogP contribution in [0.1, 0.15) is 56.2 Å². The average Bonchev–Trinajstić information content (AvgIpc) is 3.55. The summed E-state index contributed by atoms with van der Waals surface area (Å²) in [5.74, 6) is 1.28. The van der Waals surface area contributed by atoms with Crippen LogP contribution in [0.3, 0.4) is 0 Å². The van der Waals surface area contributed by atoms with Crippen LogP contribution in [0.15, 0.2) is 59.4 Å². The highest BCUT2D eigenvalue weighted by atomic mass is 16.5. The third-order valence-corrected chi connectivity index (χ3v) is 7.11. The number of methoxy groups -OCH3 is 1. The minimum atomic E-state index is -0.347. The van der Waals surface area contributed by atoms with Crippen molar-refractivity contribution in [2.24, 2.45) is 0 Å². The summed E-state index contributed by atoms with van der Waals surface area (Å²) in [6.07, 6.45) is 4.84.